The fraction of sp³-hybridized carbons (Fsp3) is 0.0500. The third-order valence-electron chi connectivity index (χ3n) is 3.67. The maximum atomic E-state index is 12.3. The fourth-order valence-corrected chi connectivity index (χ4v) is 3.64. The number of carboxylic acid groups (broad SMARTS) is 1. The van der Waals surface area contributed by atoms with Crippen molar-refractivity contribution in [3.63, 3.8) is 0 Å². The molecule has 26 heavy (non-hydrogen) atoms. The van der Waals surface area contributed by atoms with Gasteiger partial charge in [-0.3, -0.25) is 14.5 Å². The monoisotopic (exact) mass is 381 g/mol. The van der Waals surface area contributed by atoms with Crippen LogP contribution < -0.4 is 0 Å². The van der Waals surface area contributed by atoms with Gasteiger partial charge in [0.05, 0.1) is 4.91 Å². The number of carboxylic acids is 1. The molecule has 0 unspecified atom stereocenters. The Morgan fingerprint density at radius 2 is 1.58 bits per heavy atom. The van der Waals surface area contributed by atoms with Crippen LogP contribution in [0.3, 0.4) is 0 Å². The number of carbonyl (C=O) groups is 2. The predicted octanol–water partition coefficient (Wildman–Crippen LogP) is 4.14. The molecule has 1 aliphatic rings. The summed E-state index contributed by atoms with van der Waals surface area (Å²) in [5.74, 6) is -1.45. The van der Waals surface area contributed by atoms with Crippen molar-refractivity contribution in [2.45, 2.75) is 0 Å². The second-order valence-electron chi connectivity index (χ2n) is 5.57. The number of nitrogens with zero attached hydrogens (tertiary/aromatic N) is 1. The van der Waals surface area contributed by atoms with E-state index in [9.17, 15) is 9.59 Å². The van der Waals surface area contributed by atoms with Gasteiger partial charge in [0.25, 0.3) is 5.91 Å². The summed E-state index contributed by atoms with van der Waals surface area (Å²) in [5, 5.41) is 8.86. The first-order valence-electron chi connectivity index (χ1n) is 7.83. The standard InChI is InChI=1S/C20H15NO3S2/c22-18(23)13-21-19(24)17(26-20(21)25)12-16-10-8-15(9-11-16)7-6-14-4-2-1-3-5-14/h1-12H,13H2,(H,22,23)/b7-6+,17-12-. The molecule has 1 heterocycles. The number of hydrogen-bond acceptors (Lipinski definition) is 4. The Labute approximate surface area is 160 Å². The number of benzene rings is 2. The maximum absolute atomic E-state index is 12.3. The summed E-state index contributed by atoms with van der Waals surface area (Å²) in [7, 11) is 0. The zero-order chi connectivity index (χ0) is 18.5. The van der Waals surface area contributed by atoms with Crippen molar-refractivity contribution in [3.05, 3.63) is 76.2 Å². The molecule has 2 aromatic carbocycles. The van der Waals surface area contributed by atoms with Gasteiger partial charge in [-0.05, 0) is 22.8 Å². The molecule has 130 valence electrons. The first kappa shape index (κ1) is 18.1. The van der Waals surface area contributed by atoms with Crippen LogP contribution >= 0.6 is 24.0 Å². The molecule has 0 aromatic heterocycles. The van der Waals surface area contributed by atoms with E-state index in [4.69, 9.17) is 17.3 Å². The molecule has 1 amide bonds. The van der Waals surface area contributed by atoms with Crippen molar-refractivity contribution in [1.29, 1.82) is 0 Å². The smallest absolute Gasteiger partial charge is 0.323 e. The molecule has 0 aliphatic carbocycles. The summed E-state index contributed by atoms with van der Waals surface area (Å²) in [4.78, 5) is 24.6. The number of carbonyl (C=O) groups excluding carboxylic acids is 1. The normalized spacial score (nSPS) is 16.0. The number of thiocarbonyl (C=S) groups is 1. The quantitative estimate of drug-likeness (QED) is 0.479. The van der Waals surface area contributed by atoms with Crippen LogP contribution in [0.25, 0.3) is 18.2 Å². The number of amides is 1. The van der Waals surface area contributed by atoms with E-state index < -0.39 is 12.5 Å². The topological polar surface area (TPSA) is 57.6 Å². The average molecular weight is 381 g/mol. The molecule has 1 aliphatic heterocycles. The molecule has 1 saturated heterocycles. The Hall–Kier alpha value is -2.70. The molecule has 6 heteroatoms. The third-order valence-corrected chi connectivity index (χ3v) is 5.05. The van der Waals surface area contributed by atoms with E-state index in [1.807, 2.05) is 66.7 Å². The molecule has 0 spiro atoms. The second-order valence-corrected chi connectivity index (χ2v) is 7.25. The van der Waals surface area contributed by atoms with Crippen molar-refractivity contribution in [3.8, 4) is 0 Å². The van der Waals surface area contributed by atoms with Crippen molar-refractivity contribution >= 4 is 58.4 Å². The highest BCUT2D eigenvalue weighted by Crippen LogP contribution is 2.32. The Morgan fingerprint density at radius 1 is 1.00 bits per heavy atom. The summed E-state index contributed by atoms with van der Waals surface area (Å²) in [5.41, 5.74) is 3.03. The SMILES string of the molecule is O=C(O)CN1C(=O)/C(=C/c2ccc(/C=C/c3ccccc3)cc2)SC1=S. The Kier molecular flexibility index (Phi) is 5.65. The number of aliphatic carboxylic acids is 1. The van der Waals surface area contributed by atoms with Crippen molar-refractivity contribution < 1.29 is 14.7 Å². The van der Waals surface area contributed by atoms with Crippen molar-refractivity contribution in [2.75, 3.05) is 6.54 Å². The summed E-state index contributed by atoms with van der Waals surface area (Å²) in [6.07, 6.45) is 5.78. The van der Waals surface area contributed by atoms with E-state index in [0.29, 0.717) is 4.91 Å². The minimum atomic E-state index is -1.09. The van der Waals surface area contributed by atoms with Crippen LogP contribution in [0.1, 0.15) is 16.7 Å². The zero-order valence-electron chi connectivity index (χ0n) is 13.7. The summed E-state index contributed by atoms with van der Waals surface area (Å²) >= 11 is 6.21. The van der Waals surface area contributed by atoms with Crippen LogP contribution in [0, 0.1) is 0 Å². The average Bonchev–Trinajstić information content (AvgIpc) is 2.89. The van der Waals surface area contributed by atoms with Gasteiger partial charge < -0.3 is 5.11 Å². The van der Waals surface area contributed by atoms with Gasteiger partial charge >= 0.3 is 5.97 Å². The minimum absolute atomic E-state index is 0.270. The van der Waals surface area contributed by atoms with E-state index in [-0.39, 0.29) is 10.2 Å². The van der Waals surface area contributed by atoms with Gasteiger partial charge in [-0.15, -0.1) is 0 Å². The van der Waals surface area contributed by atoms with Crippen LogP contribution in [0.4, 0.5) is 0 Å². The minimum Gasteiger partial charge on any atom is -0.480 e. The molecule has 0 saturated carbocycles. The molecule has 0 atom stereocenters. The first-order valence-corrected chi connectivity index (χ1v) is 9.06. The first-order chi connectivity index (χ1) is 12.5. The molecule has 3 rings (SSSR count). The van der Waals surface area contributed by atoms with Crippen LogP contribution in [0.2, 0.25) is 0 Å². The van der Waals surface area contributed by atoms with Gasteiger partial charge in [0, 0.05) is 0 Å². The summed E-state index contributed by atoms with van der Waals surface area (Å²) in [6.45, 7) is -0.411. The summed E-state index contributed by atoms with van der Waals surface area (Å²) in [6, 6.07) is 17.8. The number of thioether (sulfide) groups is 1. The Balaban J connectivity index is 1.72. The van der Waals surface area contributed by atoms with Crippen molar-refractivity contribution in [2.24, 2.45) is 0 Å². The molecule has 2 aromatic rings. The van der Waals surface area contributed by atoms with Gasteiger partial charge in [0.2, 0.25) is 0 Å². The lowest BCUT2D eigenvalue weighted by Crippen LogP contribution is -2.33. The molecule has 1 fully saturated rings. The van der Waals surface area contributed by atoms with Gasteiger partial charge in [-0.2, -0.15) is 0 Å². The lowest BCUT2D eigenvalue weighted by Gasteiger charge is -2.10. The lowest BCUT2D eigenvalue weighted by atomic mass is 10.1. The molecular formula is C20H15NO3S2. The van der Waals surface area contributed by atoms with Gasteiger partial charge in [-0.1, -0.05) is 90.7 Å². The highest BCUT2D eigenvalue weighted by molar-refractivity contribution is 8.26. The van der Waals surface area contributed by atoms with E-state index in [1.165, 1.54) is 0 Å². The van der Waals surface area contributed by atoms with E-state index in [2.05, 4.69) is 0 Å². The van der Waals surface area contributed by atoms with Gasteiger partial charge in [0.1, 0.15) is 10.9 Å². The predicted molar refractivity (Wildman–Crippen MR) is 109 cm³/mol. The van der Waals surface area contributed by atoms with Crippen LogP contribution in [0.15, 0.2) is 59.5 Å². The molecular weight excluding hydrogens is 366 g/mol. The largest absolute Gasteiger partial charge is 0.480 e. The molecule has 0 radical (unpaired) electrons. The van der Waals surface area contributed by atoms with Crippen LogP contribution in [-0.2, 0) is 9.59 Å². The van der Waals surface area contributed by atoms with Gasteiger partial charge in [-0.25, -0.2) is 0 Å². The number of hydrogen-bond donors (Lipinski definition) is 1. The summed E-state index contributed by atoms with van der Waals surface area (Å²) < 4.78 is 0.270. The fourth-order valence-electron chi connectivity index (χ4n) is 2.38. The third kappa shape index (κ3) is 4.47. The Morgan fingerprint density at radius 3 is 2.19 bits per heavy atom. The second kappa shape index (κ2) is 8.12. The van der Waals surface area contributed by atoms with E-state index >= 15 is 0 Å². The van der Waals surface area contributed by atoms with Crippen LogP contribution in [0.5, 0.6) is 0 Å². The number of rotatable bonds is 5. The highest BCUT2D eigenvalue weighted by atomic mass is 32.2. The Bertz CT molecular complexity index is 902. The zero-order valence-corrected chi connectivity index (χ0v) is 15.3. The molecule has 1 N–H and O–H groups in total. The lowest BCUT2D eigenvalue weighted by molar-refractivity contribution is -0.140. The molecule has 4 nitrogen and oxygen atoms in total. The highest BCUT2D eigenvalue weighted by Gasteiger charge is 2.33. The molecule has 0 bridgehead atoms. The van der Waals surface area contributed by atoms with Crippen LogP contribution in [-0.4, -0.2) is 32.7 Å². The van der Waals surface area contributed by atoms with Gasteiger partial charge in [0.15, 0.2) is 0 Å². The van der Waals surface area contributed by atoms with Crippen molar-refractivity contribution in [1.82, 2.24) is 4.90 Å². The maximum Gasteiger partial charge on any atom is 0.323 e. The van der Waals surface area contributed by atoms with E-state index in [0.717, 1.165) is 33.4 Å². The van der Waals surface area contributed by atoms with E-state index in [1.54, 1.807) is 6.08 Å².